The number of nitrogens with two attached hydrogens (primary N) is 1. The van der Waals surface area contributed by atoms with Gasteiger partial charge in [-0.2, -0.15) is 0 Å². The van der Waals surface area contributed by atoms with Crippen LogP contribution in [0.25, 0.3) is 0 Å². The van der Waals surface area contributed by atoms with Gasteiger partial charge < -0.3 is 26.0 Å². The lowest BCUT2D eigenvalue weighted by molar-refractivity contribution is -0.119. The normalized spacial score (nSPS) is 11.0. The van der Waals surface area contributed by atoms with Crippen molar-refractivity contribution in [2.24, 2.45) is 5.73 Å². The number of benzene rings is 1. The van der Waals surface area contributed by atoms with Gasteiger partial charge in [0.25, 0.3) is 11.8 Å². The molecule has 0 unspecified atom stereocenters. The lowest BCUT2D eigenvalue weighted by atomic mass is 9.98. The second kappa shape index (κ2) is 7.61. The minimum atomic E-state index is -1.04. The molecule has 0 atom stereocenters. The van der Waals surface area contributed by atoms with Crippen molar-refractivity contribution in [1.29, 1.82) is 0 Å². The average molecular weight is 296 g/mol. The van der Waals surface area contributed by atoms with Gasteiger partial charge in [0.1, 0.15) is 5.75 Å². The summed E-state index contributed by atoms with van der Waals surface area (Å²) in [6.45, 7) is 0.810. The molecule has 5 N–H and O–H groups in total. The number of hydrogen-bond donors (Lipinski definition) is 4. The summed E-state index contributed by atoms with van der Waals surface area (Å²) in [5, 5.41) is 21.2. The van der Waals surface area contributed by atoms with Gasteiger partial charge in [-0.05, 0) is 30.7 Å². The van der Waals surface area contributed by atoms with Gasteiger partial charge in [0.2, 0.25) is 0 Å². The summed E-state index contributed by atoms with van der Waals surface area (Å²) in [6.07, 6.45) is 0.394. The lowest BCUT2D eigenvalue weighted by Crippen LogP contribution is -2.53. The maximum Gasteiger partial charge on any atom is 0.255 e. The highest BCUT2D eigenvalue weighted by atomic mass is 16.5. The number of ether oxygens (including phenoxy) is 1. The fourth-order valence-electron chi connectivity index (χ4n) is 1.61. The highest BCUT2D eigenvalue weighted by molar-refractivity contribution is 5.94. The topological polar surface area (TPSA) is 122 Å². The Bertz CT molecular complexity index is 474. The number of amides is 2. The predicted molar refractivity (Wildman–Crippen MR) is 75.8 cm³/mol. The molecule has 0 radical (unpaired) electrons. The summed E-state index contributed by atoms with van der Waals surface area (Å²) >= 11 is 0. The van der Waals surface area contributed by atoms with Gasteiger partial charge >= 0.3 is 0 Å². The first-order valence-electron chi connectivity index (χ1n) is 6.51. The first kappa shape index (κ1) is 16.9. The van der Waals surface area contributed by atoms with Crippen LogP contribution in [0.15, 0.2) is 24.3 Å². The molecule has 0 aliphatic rings. The number of aliphatic hydroxyl groups excluding tert-OH is 2. The van der Waals surface area contributed by atoms with E-state index in [2.05, 4.69) is 5.32 Å². The second-order valence-electron chi connectivity index (χ2n) is 4.68. The number of hydrogen-bond acceptors (Lipinski definition) is 5. The molecule has 1 aromatic rings. The van der Waals surface area contributed by atoms with Crippen LogP contribution in [0.5, 0.6) is 5.75 Å². The molecule has 0 heterocycles. The number of aliphatic hydroxyl groups is 2. The maximum absolute atomic E-state index is 12.1. The van der Waals surface area contributed by atoms with Crippen LogP contribution in [0.1, 0.15) is 23.7 Å². The monoisotopic (exact) mass is 296 g/mol. The number of primary amides is 1. The van der Waals surface area contributed by atoms with Crippen molar-refractivity contribution >= 4 is 11.8 Å². The number of rotatable bonds is 8. The van der Waals surface area contributed by atoms with E-state index in [-0.39, 0.29) is 19.8 Å². The van der Waals surface area contributed by atoms with E-state index in [1.165, 1.54) is 24.3 Å². The molecule has 7 heteroatoms. The zero-order chi connectivity index (χ0) is 15.9. The van der Waals surface area contributed by atoms with Crippen molar-refractivity contribution in [3.8, 4) is 5.75 Å². The first-order chi connectivity index (χ1) is 9.96. The van der Waals surface area contributed by atoms with Gasteiger partial charge in [-0.15, -0.1) is 0 Å². The SMILES string of the molecule is CCC(CO)(CO)NC(=O)c1ccc(OCC(N)=O)cc1. The number of carbonyl (C=O) groups is 2. The minimum absolute atomic E-state index is 0.237. The van der Waals surface area contributed by atoms with Gasteiger partial charge in [0.05, 0.1) is 18.8 Å². The van der Waals surface area contributed by atoms with Crippen LogP contribution in [0, 0.1) is 0 Å². The standard InChI is InChI=1S/C14H20N2O5/c1-2-14(8-17,9-18)16-13(20)10-3-5-11(6-4-10)21-7-12(15)19/h3-6,17-18H,2,7-9H2,1H3,(H2,15,19)(H,16,20). The molecule has 0 aliphatic carbocycles. The highest BCUT2D eigenvalue weighted by Gasteiger charge is 2.28. The Kier molecular flexibility index (Phi) is 6.13. The van der Waals surface area contributed by atoms with Gasteiger partial charge in [0, 0.05) is 5.56 Å². The Balaban J connectivity index is 2.73. The van der Waals surface area contributed by atoms with E-state index >= 15 is 0 Å². The largest absolute Gasteiger partial charge is 0.484 e. The summed E-state index contributed by atoms with van der Waals surface area (Å²) in [4.78, 5) is 22.7. The quantitative estimate of drug-likeness (QED) is 0.511. The lowest BCUT2D eigenvalue weighted by Gasteiger charge is -2.29. The second-order valence-corrected chi connectivity index (χ2v) is 4.68. The van der Waals surface area contributed by atoms with E-state index in [4.69, 9.17) is 10.5 Å². The molecule has 2 amide bonds. The molecular weight excluding hydrogens is 276 g/mol. The number of carbonyl (C=O) groups excluding carboxylic acids is 2. The third kappa shape index (κ3) is 4.73. The van der Waals surface area contributed by atoms with Crippen molar-refractivity contribution in [3.63, 3.8) is 0 Å². The summed E-state index contributed by atoms with van der Waals surface area (Å²) in [5.74, 6) is -0.590. The molecule has 7 nitrogen and oxygen atoms in total. The van der Waals surface area contributed by atoms with Crippen molar-refractivity contribution in [2.75, 3.05) is 19.8 Å². The highest BCUT2D eigenvalue weighted by Crippen LogP contribution is 2.14. The van der Waals surface area contributed by atoms with Crippen LogP contribution in [-0.2, 0) is 4.79 Å². The number of nitrogens with one attached hydrogen (secondary N) is 1. The van der Waals surface area contributed by atoms with Gasteiger partial charge in [-0.3, -0.25) is 9.59 Å². The third-order valence-corrected chi connectivity index (χ3v) is 3.16. The molecule has 0 bridgehead atoms. The summed E-state index contributed by atoms with van der Waals surface area (Å²) in [7, 11) is 0. The van der Waals surface area contributed by atoms with Crippen molar-refractivity contribution < 1.29 is 24.5 Å². The van der Waals surface area contributed by atoms with E-state index < -0.39 is 17.4 Å². The van der Waals surface area contributed by atoms with Gasteiger partial charge in [-0.1, -0.05) is 6.92 Å². The fraction of sp³-hybridized carbons (Fsp3) is 0.429. The Labute approximate surface area is 122 Å². The maximum atomic E-state index is 12.1. The molecule has 0 spiro atoms. The average Bonchev–Trinajstić information content (AvgIpc) is 2.51. The van der Waals surface area contributed by atoms with Gasteiger partial charge in [0.15, 0.2) is 6.61 Å². The zero-order valence-corrected chi connectivity index (χ0v) is 11.8. The minimum Gasteiger partial charge on any atom is -0.484 e. The predicted octanol–water partition coefficient (Wildman–Crippen LogP) is -0.586. The summed E-state index contributed by atoms with van der Waals surface area (Å²) in [5.41, 5.74) is 4.26. The molecule has 0 aromatic heterocycles. The molecule has 1 aromatic carbocycles. The van der Waals surface area contributed by atoms with Crippen LogP contribution in [-0.4, -0.2) is 47.4 Å². The zero-order valence-electron chi connectivity index (χ0n) is 11.8. The van der Waals surface area contributed by atoms with E-state index in [9.17, 15) is 19.8 Å². The van der Waals surface area contributed by atoms with Crippen molar-refractivity contribution in [2.45, 2.75) is 18.9 Å². The summed E-state index contributed by atoms with van der Waals surface area (Å²) in [6, 6.07) is 6.09. The smallest absolute Gasteiger partial charge is 0.255 e. The van der Waals surface area contributed by atoms with Crippen LogP contribution in [0.4, 0.5) is 0 Å². The Morgan fingerprint density at radius 2 is 1.81 bits per heavy atom. The van der Waals surface area contributed by atoms with Crippen molar-refractivity contribution in [3.05, 3.63) is 29.8 Å². The molecule has 0 fully saturated rings. The van der Waals surface area contributed by atoms with E-state index in [1.807, 2.05) is 0 Å². The van der Waals surface area contributed by atoms with Crippen LogP contribution in [0.3, 0.4) is 0 Å². The summed E-state index contributed by atoms with van der Waals surface area (Å²) < 4.78 is 5.08. The molecule has 0 saturated carbocycles. The van der Waals surface area contributed by atoms with Crippen molar-refractivity contribution in [1.82, 2.24) is 5.32 Å². The van der Waals surface area contributed by atoms with E-state index in [1.54, 1.807) is 6.92 Å². The van der Waals surface area contributed by atoms with Crippen LogP contribution < -0.4 is 15.8 Å². The Morgan fingerprint density at radius 1 is 1.24 bits per heavy atom. The van der Waals surface area contributed by atoms with Crippen LogP contribution in [0.2, 0.25) is 0 Å². The van der Waals surface area contributed by atoms with E-state index in [0.29, 0.717) is 17.7 Å². The van der Waals surface area contributed by atoms with Gasteiger partial charge in [-0.25, -0.2) is 0 Å². The molecule has 0 aliphatic heterocycles. The molecule has 1 rings (SSSR count). The molecule has 21 heavy (non-hydrogen) atoms. The van der Waals surface area contributed by atoms with Crippen LogP contribution >= 0.6 is 0 Å². The first-order valence-corrected chi connectivity index (χ1v) is 6.51. The third-order valence-electron chi connectivity index (χ3n) is 3.16. The molecular formula is C14H20N2O5. The Hall–Kier alpha value is -2.12. The fourth-order valence-corrected chi connectivity index (χ4v) is 1.61. The molecule has 0 saturated heterocycles. The van der Waals surface area contributed by atoms with E-state index in [0.717, 1.165) is 0 Å². The molecule has 116 valence electrons. The Morgan fingerprint density at radius 3 is 2.24 bits per heavy atom.